The van der Waals surface area contributed by atoms with Crippen LogP contribution in [-0.4, -0.2) is 30.4 Å². The normalized spacial score (nSPS) is 22.6. The Balaban J connectivity index is 2.38. The largest absolute Gasteiger partial charge is 0.507 e. The molecule has 0 amide bonds. The van der Waals surface area contributed by atoms with Gasteiger partial charge in [0.15, 0.2) is 0 Å². The highest BCUT2D eigenvalue weighted by Crippen LogP contribution is 2.29. The Bertz CT molecular complexity index is 513. The Hall–Kier alpha value is -1.07. The van der Waals surface area contributed by atoms with Crippen molar-refractivity contribution in [2.45, 2.75) is 43.5 Å². The predicted octanol–water partition coefficient (Wildman–Crippen LogP) is 2.35. The zero-order valence-corrected chi connectivity index (χ0v) is 11.4. The van der Waals surface area contributed by atoms with Gasteiger partial charge in [-0.1, -0.05) is 25.0 Å². The van der Waals surface area contributed by atoms with E-state index in [-0.39, 0.29) is 16.7 Å². The number of rotatable bonds is 2. The first-order valence-corrected chi connectivity index (χ1v) is 7.77. The summed E-state index contributed by atoms with van der Waals surface area (Å²) in [5.41, 5.74) is 0. The van der Waals surface area contributed by atoms with Gasteiger partial charge >= 0.3 is 0 Å². The van der Waals surface area contributed by atoms with Gasteiger partial charge in [-0.2, -0.15) is 4.31 Å². The molecule has 2 rings (SSSR count). The molecule has 1 saturated heterocycles. The van der Waals surface area contributed by atoms with Crippen molar-refractivity contribution in [1.82, 2.24) is 4.31 Å². The molecule has 0 aliphatic carbocycles. The second kappa shape index (κ2) is 5.28. The van der Waals surface area contributed by atoms with Crippen molar-refractivity contribution in [1.29, 1.82) is 0 Å². The first-order valence-electron chi connectivity index (χ1n) is 6.33. The first kappa shape index (κ1) is 13.4. The highest BCUT2D eigenvalue weighted by Gasteiger charge is 2.31. The summed E-state index contributed by atoms with van der Waals surface area (Å²) < 4.78 is 26.6. The molecule has 1 heterocycles. The number of hydrogen-bond acceptors (Lipinski definition) is 3. The molecule has 1 atom stereocenters. The zero-order valence-electron chi connectivity index (χ0n) is 10.5. The number of sulfonamides is 1. The minimum Gasteiger partial charge on any atom is -0.507 e. The van der Waals surface area contributed by atoms with Crippen LogP contribution in [0.5, 0.6) is 5.75 Å². The molecule has 1 aromatic carbocycles. The molecule has 1 fully saturated rings. The van der Waals surface area contributed by atoms with Gasteiger partial charge in [-0.05, 0) is 31.9 Å². The van der Waals surface area contributed by atoms with Crippen molar-refractivity contribution < 1.29 is 13.5 Å². The fourth-order valence-corrected chi connectivity index (χ4v) is 4.19. The number of hydrogen-bond donors (Lipinski definition) is 1. The predicted molar refractivity (Wildman–Crippen MR) is 69.9 cm³/mol. The maximum atomic E-state index is 12.5. The van der Waals surface area contributed by atoms with Crippen molar-refractivity contribution >= 4 is 10.0 Å². The molecule has 0 bridgehead atoms. The summed E-state index contributed by atoms with van der Waals surface area (Å²) in [7, 11) is -3.58. The first-order chi connectivity index (χ1) is 8.53. The minimum atomic E-state index is -3.58. The minimum absolute atomic E-state index is 0.00268. The van der Waals surface area contributed by atoms with Crippen LogP contribution in [0.25, 0.3) is 0 Å². The molecule has 0 spiro atoms. The number of aromatic hydroxyl groups is 1. The van der Waals surface area contributed by atoms with Gasteiger partial charge < -0.3 is 5.11 Å². The quantitative estimate of drug-likeness (QED) is 0.896. The Labute approximate surface area is 108 Å². The van der Waals surface area contributed by atoms with Crippen LogP contribution in [-0.2, 0) is 10.0 Å². The standard InChI is InChI=1S/C13H19NO3S/c1-11-7-3-2-6-10-14(11)18(16,17)13-9-5-4-8-12(13)15/h4-5,8-9,11,15H,2-3,6-7,10H2,1H3. The molecule has 5 heteroatoms. The molecule has 4 nitrogen and oxygen atoms in total. The second-order valence-corrected chi connectivity index (χ2v) is 6.64. The molecular formula is C13H19NO3S. The average Bonchev–Trinajstić information content (AvgIpc) is 2.54. The van der Waals surface area contributed by atoms with Crippen LogP contribution >= 0.6 is 0 Å². The summed E-state index contributed by atoms with van der Waals surface area (Å²) in [5, 5.41) is 9.73. The van der Waals surface area contributed by atoms with Gasteiger partial charge in [0, 0.05) is 12.6 Å². The Morgan fingerprint density at radius 3 is 2.67 bits per heavy atom. The van der Waals surface area contributed by atoms with E-state index >= 15 is 0 Å². The lowest BCUT2D eigenvalue weighted by Crippen LogP contribution is -2.38. The lowest BCUT2D eigenvalue weighted by atomic mass is 10.1. The molecule has 1 aliphatic heterocycles. The van der Waals surface area contributed by atoms with Crippen LogP contribution in [0.2, 0.25) is 0 Å². The Kier molecular flexibility index (Phi) is 3.92. The summed E-state index contributed by atoms with van der Waals surface area (Å²) >= 11 is 0. The summed E-state index contributed by atoms with van der Waals surface area (Å²) in [6.45, 7) is 2.47. The van der Waals surface area contributed by atoms with E-state index in [0.717, 1.165) is 25.7 Å². The van der Waals surface area contributed by atoms with Crippen molar-refractivity contribution in [2.75, 3.05) is 6.54 Å². The van der Waals surface area contributed by atoms with E-state index in [2.05, 4.69) is 0 Å². The van der Waals surface area contributed by atoms with Crippen LogP contribution < -0.4 is 0 Å². The SMILES string of the molecule is CC1CCCCCN1S(=O)(=O)c1ccccc1O. The van der Waals surface area contributed by atoms with Gasteiger partial charge in [0.05, 0.1) is 0 Å². The van der Waals surface area contributed by atoms with E-state index in [1.54, 1.807) is 12.1 Å². The third kappa shape index (κ3) is 2.52. The molecule has 0 aromatic heterocycles. The molecule has 1 aromatic rings. The van der Waals surface area contributed by atoms with Gasteiger partial charge in [-0.15, -0.1) is 0 Å². The fraction of sp³-hybridized carbons (Fsp3) is 0.538. The maximum absolute atomic E-state index is 12.5. The van der Waals surface area contributed by atoms with Gasteiger partial charge in [0.2, 0.25) is 10.0 Å². The Morgan fingerprint density at radius 1 is 1.22 bits per heavy atom. The van der Waals surface area contributed by atoms with Gasteiger partial charge in [-0.3, -0.25) is 0 Å². The van der Waals surface area contributed by atoms with E-state index in [1.807, 2.05) is 6.92 Å². The van der Waals surface area contributed by atoms with Crippen LogP contribution in [0.4, 0.5) is 0 Å². The van der Waals surface area contributed by atoms with Gasteiger partial charge in [-0.25, -0.2) is 8.42 Å². The number of phenolic OH excluding ortho intramolecular Hbond substituents is 1. The molecule has 0 radical (unpaired) electrons. The highest BCUT2D eigenvalue weighted by molar-refractivity contribution is 7.89. The number of benzene rings is 1. The molecule has 0 saturated carbocycles. The van der Waals surface area contributed by atoms with E-state index < -0.39 is 10.0 Å². The second-order valence-electron chi connectivity index (χ2n) is 4.78. The van der Waals surface area contributed by atoms with Crippen LogP contribution in [0.15, 0.2) is 29.2 Å². The Morgan fingerprint density at radius 2 is 1.94 bits per heavy atom. The lowest BCUT2D eigenvalue weighted by Gasteiger charge is -2.26. The maximum Gasteiger partial charge on any atom is 0.246 e. The van der Waals surface area contributed by atoms with Crippen LogP contribution in [0, 0.1) is 0 Å². The molecule has 18 heavy (non-hydrogen) atoms. The van der Waals surface area contributed by atoms with E-state index in [9.17, 15) is 13.5 Å². The topological polar surface area (TPSA) is 57.6 Å². The average molecular weight is 269 g/mol. The van der Waals surface area contributed by atoms with Crippen molar-refractivity contribution in [2.24, 2.45) is 0 Å². The molecule has 1 aliphatic rings. The summed E-state index contributed by atoms with van der Waals surface area (Å²) in [6.07, 6.45) is 3.90. The summed E-state index contributed by atoms with van der Waals surface area (Å²) in [5.74, 6) is -0.172. The van der Waals surface area contributed by atoms with Crippen LogP contribution in [0.3, 0.4) is 0 Å². The van der Waals surface area contributed by atoms with Gasteiger partial charge in [0.1, 0.15) is 10.6 Å². The molecule has 1 N–H and O–H groups in total. The van der Waals surface area contributed by atoms with E-state index in [4.69, 9.17) is 0 Å². The monoisotopic (exact) mass is 269 g/mol. The molecule has 1 unspecified atom stereocenters. The smallest absolute Gasteiger partial charge is 0.246 e. The van der Waals surface area contributed by atoms with E-state index in [1.165, 1.54) is 16.4 Å². The number of para-hydroxylation sites is 1. The molecule has 100 valence electrons. The number of nitrogens with zero attached hydrogens (tertiary/aromatic N) is 1. The fourth-order valence-electron chi connectivity index (χ4n) is 2.41. The molecular weight excluding hydrogens is 250 g/mol. The van der Waals surface area contributed by atoms with Gasteiger partial charge in [0.25, 0.3) is 0 Å². The summed E-state index contributed by atoms with van der Waals surface area (Å²) in [6, 6.07) is 6.13. The third-order valence-electron chi connectivity index (χ3n) is 3.44. The van der Waals surface area contributed by atoms with E-state index in [0.29, 0.717) is 6.54 Å². The number of phenols is 1. The highest BCUT2D eigenvalue weighted by atomic mass is 32.2. The van der Waals surface area contributed by atoms with Crippen molar-refractivity contribution in [3.8, 4) is 5.75 Å². The van der Waals surface area contributed by atoms with Crippen molar-refractivity contribution in [3.63, 3.8) is 0 Å². The van der Waals surface area contributed by atoms with Crippen LogP contribution in [0.1, 0.15) is 32.6 Å². The third-order valence-corrected chi connectivity index (χ3v) is 5.50. The summed E-state index contributed by atoms with van der Waals surface area (Å²) in [4.78, 5) is 0.0127. The lowest BCUT2D eigenvalue weighted by molar-refractivity contribution is 0.340. The van der Waals surface area contributed by atoms with Crippen molar-refractivity contribution in [3.05, 3.63) is 24.3 Å². The zero-order chi connectivity index (χ0) is 13.2.